The highest BCUT2D eigenvalue weighted by Crippen LogP contribution is 1.81. The van der Waals surface area contributed by atoms with Crippen molar-refractivity contribution in [3.63, 3.8) is 0 Å². The molecular weight excluding hydrogens is 62.1 g/mol. The smallest absolute Gasteiger partial charge is 0.0536 e. The molecule has 0 unspecified atom stereocenters. The van der Waals surface area contributed by atoms with Gasteiger partial charge in [0.25, 0.3) is 0 Å². The Labute approximate surface area is 31.7 Å². The van der Waals surface area contributed by atoms with E-state index < -0.39 is 0 Å². The number of nitrogens with one attached hydrogen (secondary N) is 1. The van der Waals surface area contributed by atoms with Crippen LogP contribution < -0.4 is 5.32 Å². The van der Waals surface area contributed by atoms with Gasteiger partial charge in [-0.25, -0.2) is 0 Å². The zero-order valence-electron chi connectivity index (χ0n) is 2.86. The second kappa shape index (κ2) is 1.11. The van der Waals surface area contributed by atoms with Gasteiger partial charge in [-0.05, 0) is 0 Å². The molecule has 1 rings (SSSR count). The fourth-order valence-corrected chi connectivity index (χ4v) is 0.295. The van der Waals surface area contributed by atoms with Gasteiger partial charge in [-0.1, -0.05) is 6.08 Å². The van der Waals surface area contributed by atoms with Gasteiger partial charge in [-0.2, -0.15) is 0 Å². The van der Waals surface area contributed by atoms with Crippen molar-refractivity contribution in [2.75, 3.05) is 6.54 Å². The van der Waals surface area contributed by atoms with Crippen LogP contribution in [-0.4, -0.2) is 6.54 Å². The normalized spacial score (nSPS) is 19.2. The molecule has 0 amide bonds. The Morgan fingerprint density at radius 3 is 3.00 bits per heavy atom. The summed E-state index contributed by atoms with van der Waals surface area (Å²) in [6.45, 7) is 0.958. The molecule has 1 aliphatic heterocycles. The van der Waals surface area contributed by atoms with E-state index in [9.17, 15) is 0 Å². The van der Waals surface area contributed by atoms with Gasteiger partial charge in [-0.3, -0.25) is 0 Å². The van der Waals surface area contributed by atoms with Crippen molar-refractivity contribution in [3.8, 4) is 0 Å². The van der Waals surface area contributed by atoms with Gasteiger partial charge in [0.1, 0.15) is 0 Å². The van der Waals surface area contributed by atoms with Crippen molar-refractivity contribution < 1.29 is 0 Å². The van der Waals surface area contributed by atoms with Crippen LogP contribution in [0.15, 0.2) is 6.08 Å². The molecule has 2 radical (unpaired) electrons. The molecule has 0 saturated carbocycles. The molecule has 0 fully saturated rings. The summed E-state index contributed by atoms with van der Waals surface area (Å²) in [5, 5.41) is 2.86. The Morgan fingerprint density at radius 2 is 2.80 bits per heavy atom. The molecule has 0 aromatic heterocycles. The van der Waals surface area contributed by atoms with Gasteiger partial charge in [0.05, 0.1) is 6.20 Å². The molecule has 1 nitrogen and oxygen atoms in total. The van der Waals surface area contributed by atoms with Crippen molar-refractivity contribution in [3.05, 3.63) is 18.7 Å². The van der Waals surface area contributed by atoms with Gasteiger partial charge < -0.3 is 5.32 Å². The first kappa shape index (κ1) is 2.76. The summed E-state index contributed by atoms with van der Waals surface area (Å²) in [4.78, 5) is 0. The Kier molecular flexibility index (Phi) is 0.612. The molecule has 0 bridgehead atoms. The number of hydrogen-bond acceptors (Lipinski definition) is 1. The highest BCUT2D eigenvalue weighted by atomic mass is 14.8. The van der Waals surface area contributed by atoms with Crippen molar-refractivity contribution in [2.45, 2.75) is 0 Å². The van der Waals surface area contributed by atoms with Crippen molar-refractivity contribution in [1.29, 1.82) is 0 Å². The Balaban J connectivity index is 2.32. The van der Waals surface area contributed by atoms with Gasteiger partial charge in [-0.15, -0.1) is 0 Å². The number of rotatable bonds is 0. The highest BCUT2D eigenvalue weighted by Gasteiger charge is 1.83. The third-order valence-corrected chi connectivity index (χ3v) is 0.523. The van der Waals surface area contributed by atoms with Crippen LogP contribution in [0.3, 0.4) is 0 Å². The lowest BCUT2D eigenvalue weighted by molar-refractivity contribution is 0.980. The molecule has 0 aliphatic carbocycles. The van der Waals surface area contributed by atoms with E-state index in [1.165, 1.54) is 0 Å². The van der Waals surface area contributed by atoms with Crippen LogP contribution in [0.25, 0.3) is 0 Å². The second-order valence-electron chi connectivity index (χ2n) is 0.928. The van der Waals surface area contributed by atoms with E-state index in [-0.39, 0.29) is 0 Å². The third kappa shape index (κ3) is 0.407. The topological polar surface area (TPSA) is 12.0 Å². The summed E-state index contributed by atoms with van der Waals surface area (Å²) < 4.78 is 0. The van der Waals surface area contributed by atoms with Crippen LogP contribution in [0.4, 0.5) is 0 Å². The second-order valence-corrected chi connectivity index (χ2v) is 0.928. The Bertz CT molecular complexity index is 41.6. The van der Waals surface area contributed by atoms with Crippen molar-refractivity contribution in [2.24, 2.45) is 0 Å². The van der Waals surface area contributed by atoms with Crippen LogP contribution in [-0.2, 0) is 0 Å². The van der Waals surface area contributed by atoms with E-state index >= 15 is 0 Å². The quantitative estimate of drug-likeness (QED) is 0.424. The Hall–Kier alpha value is -0.460. The Morgan fingerprint density at radius 1 is 1.80 bits per heavy atom. The molecule has 26 valence electrons. The van der Waals surface area contributed by atoms with Crippen LogP contribution >= 0.6 is 0 Å². The minimum absolute atomic E-state index is 0.958. The van der Waals surface area contributed by atoms with E-state index in [1.54, 1.807) is 0 Å². The first-order chi connectivity index (χ1) is 2.50. The largest absolute Gasteiger partial charge is 0.383 e. The molecule has 1 N–H and O–H groups in total. The van der Waals surface area contributed by atoms with Crippen LogP contribution in [0.2, 0.25) is 0 Å². The minimum Gasteiger partial charge on any atom is -0.383 e. The average molecular weight is 67.1 g/mol. The predicted molar refractivity (Wildman–Crippen MR) is 20.1 cm³/mol. The molecule has 5 heavy (non-hydrogen) atoms. The molecule has 1 aliphatic rings. The highest BCUT2D eigenvalue weighted by molar-refractivity contribution is 4.96. The van der Waals surface area contributed by atoms with E-state index in [4.69, 9.17) is 0 Å². The summed E-state index contributed by atoms with van der Waals surface area (Å²) >= 11 is 0. The van der Waals surface area contributed by atoms with Gasteiger partial charge >= 0.3 is 0 Å². The zero-order valence-corrected chi connectivity index (χ0v) is 2.86. The summed E-state index contributed by atoms with van der Waals surface area (Å²) in [6, 6.07) is 0. The minimum atomic E-state index is 0.958. The average Bonchev–Trinajstić information content (AvgIpc) is 1.76. The SMILES string of the molecule is [C]1=C[CH]CN1. The summed E-state index contributed by atoms with van der Waals surface area (Å²) in [6.07, 6.45) is 6.68. The van der Waals surface area contributed by atoms with E-state index in [0.717, 1.165) is 6.54 Å². The molecule has 0 aromatic rings. The first-order valence-corrected chi connectivity index (χ1v) is 1.63. The predicted octanol–water partition coefficient (Wildman–Crippen LogP) is 0.111. The third-order valence-electron chi connectivity index (χ3n) is 0.523. The van der Waals surface area contributed by atoms with E-state index in [0.29, 0.717) is 0 Å². The zero-order chi connectivity index (χ0) is 3.54. The lowest BCUT2D eigenvalue weighted by Gasteiger charge is -1.76. The fraction of sp³-hybridized carbons (Fsp3) is 0.250. The summed E-state index contributed by atoms with van der Waals surface area (Å²) in [5.41, 5.74) is 0. The number of hydrogen-bond donors (Lipinski definition) is 1. The molecule has 1 heteroatoms. The maximum absolute atomic E-state index is 2.86. The standard InChI is InChI=1S/C4H5N/c1-2-4-5-3-1/h1-2,5H,3H2. The molecule has 0 aromatic carbocycles. The van der Waals surface area contributed by atoms with Crippen LogP contribution in [0.1, 0.15) is 0 Å². The van der Waals surface area contributed by atoms with Gasteiger partial charge in [0.2, 0.25) is 0 Å². The molecule has 1 heterocycles. The van der Waals surface area contributed by atoms with Gasteiger partial charge in [0.15, 0.2) is 0 Å². The maximum atomic E-state index is 2.86. The molecule has 0 spiro atoms. The first-order valence-electron chi connectivity index (χ1n) is 1.63. The molecule has 0 saturated heterocycles. The van der Waals surface area contributed by atoms with E-state index in [2.05, 4.69) is 11.5 Å². The van der Waals surface area contributed by atoms with Crippen LogP contribution in [0, 0.1) is 12.6 Å². The lowest BCUT2D eigenvalue weighted by atomic mass is 10.5. The van der Waals surface area contributed by atoms with Gasteiger partial charge in [0, 0.05) is 13.0 Å². The van der Waals surface area contributed by atoms with Crippen LogP contribution in [0.5, 0.6) is 0 Å². The van der Waals surface area contributed by atoms with Crippen molar-refractivity contribution >= 4 is 0 Å². The van der Waals surface area contributed by atoms with E-state index in [1.807, 2.05) is 12.5 Å². The fourth-order valence-electron chi connectivity index (χ4n) is 0.295. The van der Waals surface area contributed by atoms with Crippen molar-refractivity contribution in [1.82, 2.24) is 5.32 Å². The maximum Gasteiger partial charge on any atom is 0.0536 e. The summed E-state index contributed by atoms with van der Waals surface area (Å²) in [5.74, 6) is 0. The lowest BCUT2D eigenvalue weighted by Crippen LogP contribution is -1.97. The summed E-state index contributed by atoms with van der Waals surface area (Å²) in [7, 11) is 0. The molecular formula is C4H5N. The monoisotopic (exact) mass is 67.0 g/mol. The molecule has 0 atom stereocenters.